The lowest BCUT2D eigenvalue weighted by molar-refractivity contribution is 1.07. The molecular formula is C51H32N4S. The molecule has 0 unspecified atom stereocenters. The Hall–Kier alpha value is -7.21. The van der Waals surface area contributed by atoms with Crippen LogP contribution in [0.3, 0.4) is 0 Å². The Morgan fingerprint density at radius 2 is 0.821 bits per heavy atom. The summed E-state index contributed by atoms with van der Waals surface area (Å²) >= 11 is 1.82. The van der Waals surface area contributed by atoms with Crippen LogP contribution in [0.1, 0.15) is 0 Å². The van der Waals surface area contributed by atoms with Crippen molar-refractivity contribution in [2.24, 2.45) is 0 Å². The fourth-order valence-corrected chi connectivity index (χ4v) is 9.05. The van der Waals surface area contributed by atoms with Gasteiger partial charge in [-0.05, 0) is 82.9 Å². The van der Waals surface area contributed by atoms with Crippen molar-refractivity contribution in [1.82, 2.24) is 19.5 Å². The van der Waals surface area contributed by atoms with Crippen LogP contribution >= 0.6 is 11.3 Å². The first-order chi connectivity index (χ1) is 27.7. The number of rotatable bonds is 6. The highest BCUT2D eigenvalue weighted by atomic mass is 32.1. The number of hydrogen-bond acceptors (Lipinski definition) is 4. The van der Waals surface area contributed by atoms with Gasteiger partial charge in [-0.2, -0.15) is 0 Å². The van der Waals surface area contributed by atoms with Crippen LogP contribution in [0.25, 0.3) is 104 Å². The minimum absolute atomic E-state index is 0.662. The third kappa shape index (κ3) is 5.56. The molecule has 0 saturated carbocycles. The van der Waals surface area contributed by atoms with Crippen molar-refractivity contribution < 1.29 is 0 Å². The Morgan fingerprint density at radius 1 is 0.304 bits per heavy atom. The zero-order valence-corrected chi connectivity index (χ0v) is 31.0. The van der Waals surface area contributed by atoms with E-state index in [9.17, 15) is 0 Å². The summed E-state index contributed by atoms with van der Waals surface area (Å²) in [7, 11) is 0. The van der Waals surface area contributed by atoms with E-state index in [1.807, 2.05) is 72.0 Å². The lowest BCUT2D eigenvalue weighted by Gasteiger charge is -2.09. The molecule has 5 heteroatoms. The number of fused-ring (bicyclic) bond motifs is 6. The Kier molecular flexibility index (Phi) is 7.64. The molecule has 0 atom stereocenters. The zero-order valence-electron chi connectivity index (χ0n) is 30.2. The molecule has 11 rings (SSSR count). The van der Waals surface area contributed by atoms with Crippen LogP contribution in [0, 0.1) is 0 Å². The number of benzene rings is 8. The molecule has 56 heavy (non-hydrogen) atoms. The third-order valence-electron chi connectivity index (χ3n) is 10.6. The highest BCUT2D eigenvalue weighted by Crippen LogP contribution is 2.40. The minimum Gasteiger partial charge on any atom is -0.309 e. The van der Waals surface area contributed by atoms with E-state index in [0.29, 0.717) is 17.5 Å². The number of hydrogen-bond donors (Lipinski definition) is 0. The summed E-state index contributed by atoms with van der Waals surface area (Å²) in [4.78, 5) is 14.9. The number of thiophene rings is 1. The van der Waals surface area contributed by atoms with Crippen molar-refractivity contribution >= 4 is 53.3 Å². The van der Waals surface area contributed by atoms with Crippen LogP contribution in [0.15, 0.2) is 194 Å². The van der Waals surface area contributed by atoms with Crippen molar-refractivity contribution in [1.29, 1.82) is 0 Å². The number of aromatic nitrogens is 4. The van der Waals surface area contributed by atoms with Gasteiger partial charge in [0.25, 0.3) is 0 Å². The Morgan fingerprint density at radius 3 is 1.54 bits per heavy atom. The van der Waals surface area contributed by atoms with Gasteiger partial charge in [0.1, 0.15) is 0 Å². The van der Waals surface area contributed by atoms with Gasteiger partial charge in [0.15, 0.2) is 17.5 Å². The summed E-state index contributed by atoms with van der Waals surface area (Å²) in [6, 6.07) is 68.8. The van der Waals surface area contributed by atoms with E-state index in [1.54, 1.807) is 0 Å². The van der Waals surface area contributed by atoms with E-state index in [2.05, 4.69) is 138 Å². The Balaban J connectivity index is 0.966. The van der Waals surface area contributed by atoms with Gasteiger partial charge >= 0.3 is 0 Å². The van der Waals surface area contributed by atoms with E-state index >= 15 is 0 Å². The molecule has 0 fully saturated rings. The summed E-state index contributed by atoms with van der Waals surface area (Å²) in [6.07, 6.45) is 0. The normalized spacial score (nSPS) is 11.6. The van der Waals surface area contributed by atoms with E-state index in [4.69, 9.17) is 15.0 Å². The van der Waals surface area contributed by atoms with Gasteiger partial charge in [-0.3, -0.25) is 0 Å². The van der Waals surface area contributed by atoms with Crippen LogP contribution in [0.2, 0.25) is 0 Å². The van der Waals surface area contributed by atoms with Gasteiger partial charge in [-0.1, -0.05) is 133 Å². The Labute approximate surface area is 327 Å². The first-order valence-corrected chi connectivity index (χ1v) is 19.6. The average Bonchev–Trinajstić information content (AvgIpc) is 3.82. The second-order valence-electron chi connectivity index (χ2n) is 14.1. The van der Waals surface area contributed by atoms with E-state index < -0.39 is 0 Å². The second kappa shape index (κ2) is 13.3. The fourth-order valence-electron chi connectivity index (χ4n) is 7.92. The van der Waals surface area contributed by atoms with Gasteiger partial charge in [0.05, 0.1) is 11.0 Å². The van der Waals surface area contributed by atoms with Crippen LogP contribution in [0.4, 0.5) is 0 Å². The van der Waals surface area contributed by atoms with Crippen molar-refractivity contribution in [2.45, 2.75) is 0 Å². The summed E-state index contributed by atoms with van der Waals surface area (Å²) in [5, 5.41) is 4.94. The Bertz CT molecular complexity index is 3180. The van der Waals surface area contributed by atoms with Crippen molar-refractivity contribution in [3.8, 4) is 62.1 Å². The summed E-state index contributed by atoms with van der Waals surface area (Å²) in [5.74, 6) is 1.99. The molecule has 0 saturated heterocycles. The predicted octanol–water partition coefficient (Wildman–Crippen LogP) is 13.7. The lowest BCUT2D eigenvalue weighted by atomic mass is 9.97. The lowest BCUT2D eigenvalue weighted by Crippen LogP contribution is -2.00. The molecule has 0 aliphatic rings. The van der Waals surface area contributed by atoms with Crippen LogP contribution in [-0.2, 0) is 0 Å². The first kappa shape index (κ1) is 32.2. The number of para-hydroxylation sites is 2. The molecule has 8 aromatic carbocycles. The molecule has 0 aliphatic heterocycles. The van der Waals surface area contributed by atoms with Crippen molar-refractivity contribution in [3.05, 3.63) is 194 Å². The summed E-state index contributed by atoms with van der Waals surface area (Å²) in [6.45, 7) is 0. The zero-order chi connectivity index (χ0) is 37.0. The topological polar surface area (TPSA) is 43.6 Å². The van der Waals surface area contributed by atoms with Gasteiger partial charge in [-0.25, -0.2) is 15.0 Å². The molecule has 0 radical (unpaired) electrons. The van der Waals surface area contributed by atoms with Crippen LogP contribution < -0.4 is 0 Å². The van der Waals surface area contributed by atoms with Gasteiger partial charge < -0.3 is 4.57 Å². The highest BCUT2D eigenvalue weighted by Gasteiger charge is 2.16. The molecule has 11 aromatic rings. The molecule has 0 spiro atoms. The molecular weight excluding hydrogens is 701 g/mol. The summed E-state index contributed by atoms with van der Waals surface area (Å²) in [5.41, 5.74) is 11.3. The quantitative estimate of drug-likeness (QED) is 0.171. The molecule has 262 valence electrons. The van der Waals surface area contributed by atoms with Crippen LogP contribution in [0.5, 0.6) is 0 Å². The fraction of sp³-hybridized carbons (Fsp3) is 0. The smallest absolute Gasteiger partial charge is 0.164 e. The van der Waals surface area contributed by atoms with Crippen molar-refractivity contribution in [2.75, 3.05) is 0 Å². The highest BCUT2D eigenvalue weighted by molar-refractivity contribution is 7.25. The van der Waals surface area contributed by atoms with Gasteiger partial charge in [0, 0.05) is 53.3 Å². The maximum atomic E-state index is 4.98. The average molecular weight is 733 g/mol. The first-order valence-electron chi connectivity index (χ1n) is 18.8. The SMILES string of the molecule is c1ccc(-c2nc(-c3ccccc3)nc(-c3ccc4sc5cc(-c6cccc(-c7ccc8c(c7)c7ccccc7n8-c7ccccc7)c6)ccc5c4c3)n2)cc1. The van der Waals surface area contributed by atoms with E-state index in [0.717, 1.165) is 16.7 Å². The third-order valence-corrected chi connectivity index (χ3v) is 11.8. The van der Waals surface area contributed by atoms with E-state index in [1.165, 1.54) is 69.9 Å². The molecule has 0 N–H and O–H groups in total. The van der Waals surface area contributed by atoms with Crippen molar-refractivity contribution in [3.63, 3.8) is 0 Å². The van der Waals surface area contributed by atoms with Crippen LogP contribution in [-0.4, -0.2) is 19.5 Å². The molecule has 3 aromatic heterocycles. The van der Waals surface area contributed by atoms with Gasteiger partial charge in [0.2, 0.25) is 0 Å². The monoisotopic (exact) mass is 732 g/mol. The molecule has 0 bridgehead atoms. The minimum atomic E-state index is 0.662. The molecule has 3 heterocycles. The second-order valence-corrected chi connectivity index (χ2v) is 15.1. The van der Waals surface area contributed by atoms with Gasteiger partial charge in [-0.15, -0.1) is 11.3 Å². The number of nitrogens with zero attached hydrogens (tertiary/aromatic N) is 4. The molecule has 0 aliphatic carbocycles. The largest absolute Gasteiger partial charge is 0.309 e. The summed E-state index contributed by atoms with van der Waals surface area (Å²) < 4.78 is 4.85. The molecule has 4 nitrogen and oxygen atoms in total. The maximum absolute atomic E-state index is 4.98. The van der Waals surface area contributed by atoms with E-state index in [-0.39, 0.29) is 0 Å². The maximum Gasteiger partial charge on any atom is 0.164 e. The predicted molar refractivity (Wildman–Crippen MR) is 234 cm³/mol. The standard InChI is InChI=1S/C51H32N4S/c1-4-13-33(14-5-1)49-52-50(34-15-6-2-7-16-34)54-51(53-49)39-25-28-47-44(31-39)42-26-23-38(32-48(42)56-47)36-18-12-17-35(29-36)37-24-27-46-43(30-37)41-21-10-11-22-45(41)55(46)40-19-8-3-9-20-40/h1-32H. The molecule has 0 amide bonds.